The first kappa shape index (κ1) is 43.1. The van der Waals surface area contributed by atoms with Gasteiger partial charge in [0.05, 0.1) is 36.0 Å². The van der Waals surface area contributed by atoms with Gasteiger partial charge in [-0.1, -0.05) is 25.0 Å². The monoisotopic (exact) mass is 857 g/mol. The lowest BCUT2D eigenvalue weighted by Crippen LogP contribution is -2.47. The fourth-order valence-electron chi connectivity index (χ4n) is 8.31. The Morgan fingerprint density at radius 1 is 1.10 bits per heavy atom. The van der Waals surface area contributed by atoms with Gasteiger partial charge in [0.2, 0.25) is 27.7 Å². The Morgan fingerprint density at radius 2 is 1.87 bits per heavy atom. The SMILES string of the molecule is COc1c(F)ccc2c(O[C@@H]3C[C@H]4C(=O)C[C@]5(C(=O)NS(=O)(=O)C6(C)CC6)C[C@H]5/C=C\CCCCC[C@H](CC(=O)c5ccn(C(F)F)n5)C(=O)N4C3)cc(OC(C)C)nc12. The third-order valence-corrected chi connectivity index (χ3v) is 14.3. The summed E-state index contributed by atoms with van der Waals surface area (Å²) in [6, 6.07) is 4.21. The number of amides is 2. The number of ketones is 2. The molecule has 324 valence electrons. The van der Waals surface area contributed by atoms with Crippen molar-refractivity contribution in [1.29, 1.82) is 0 Å². The Labute approximate surface area is 346 Å². The van der Waals surface area contributed by atoms with Crippen LogP contribution in [0.15, 0.2) is 42.6 Å². The highest BCUT2D eigenvalue weighted by Crippen LogP contribution is 2.57. The summed E-state index contributed by atoms with van der Waals surface area (Å²) < 4.78 is 87.4. The van der Waals surface area contributed by atoms with Crippen molar-refractivity contribution in [3.8, 4) is 17.4 Å². The minimum atomic E-state index is -4.03. The highest BCUT2D eigenvalue weighted by atomic mass is 32.2. The van der Waals surface area contributed by atoms with E-state index in [0.29, 0.717) is 42.2 Å². The van der Waals surface area contributed by atoms with Crippen LogP contribution in [0, 0.1) is 23.1 Å². The third kappa shape index (κ3) is 8.75. The molecular formula is C42H50F3N5O9S. The number of carbonyl (C=O) groups excluding carboxylic acids is 4. The molecule has 60 heavy (non-hydrogen) atoms. The number of Topliss-reactive ketones (excluding diaryl/α,β-unsaturated/α-hetero) is 2. The summed E-state index contributed by atoms with van der Waals surface area (Å²) in [5, 5.41) is 4.07. The van der Waals surface area contributed by atoms with E-state index in [1.807, 2.05) is 12.2 Å². The molecule has 0 unspecified atom stereocenters. The topological polar surface area (TPSA) is 176 Å². The normalized spacial score (nSPS) is 26.2. The van der Waals surface area contributed by atoms with E-state index >= 15 is 0 Å². The van der Waals surface area contributed by atoms with Crippen LogP contribution in [0.25, 0.3) is 10.9 Å². The molecule has 1 N–H and O–H groups in total. The molecule has 1 aromatic carbocycles. The molecule has 0 radical (unpaired) electrons. The van der Waals surface area contributed by atoms with Gasteiger partial charge in [-0.2, -0.15) is 13.9 Å². The second-order valence-corrected chi connectivity index (χ2v) is 19.1. The molecule has 2 saturated carbocycles. The van der Waals surface area contributed by atoms with E-state index in [1.165, 1.54) is 36.3 Å². The minimum absolute atomic E-state index is 0.0405. The van der Waals surface area contributed by atoms with Gasteiger partial charge in [-0.15, -0.1) is 0 Å². The maximum absolute atomic E-state index is 14.9. The van der Waals surface area contributed by atoms with Crippen molar-refractivity contribution in [1.82, 2.24) is 24.4 Å². The molecule has 2 amide bonds. The van der Waals surface area contributed by atoms with E-state index in [0.717, 1.165) is 12.6 Å². The van der Waals surface area contributed by atoms with Gasteiger partial charge in [-0.25, -0.2) is 22.5 Å². The molecule has 0 bridgehead atoms. The van der Waals surface area contributed by atoms with Crippen molar-refractivity contribution in [2.75, 3.05) is 13.7 Å². The Balaban J connectivity index is 1.23. The van der Waals surface area contributed by atoms with Crippen LogP contribution in [0.2, 0.25) is 0 Å². The van der Waals surface area contributed by atoms with Gasteiger partial charge < -0.3 is 19.1 Å². The van der Waals surface area contributed by atoms with Gasteiger partial charge in [0.25, 0.3) is 0 Å². The number of nitrogens with one attached hydrogen (secondary N) is 1. The lowest BCUT2D eigenvalue weighted by Gasteiger charge is -2.29. The van der Waals surface area contributed by atoms with Gasteiger partial charge >= 0.3 is 6.55 Å². The third-order valence-electron chi connectivity index (χ3n) is 12.2. The lowest BCUT2D eigenvalue weighted by molar-refractivity contribution is -0.142. The molecule has 4 heterocycles. The number of fused-ring (bicyclic) bond motifs is 3. The number of alkyl halides is 2. The number of methoxy groups -OCH3 is 1. The molecule has 5 atom stereocenters. The van der Waals surface area contributed by atoms with Crippen LogP contribution >= 0.6 is 0 Å². The Morgan fingerprint density at radius 3 is 2.55 bits per heavy atom. The smallest absolute Gasteiger partial charge is 0.333 e. The molecular weight excluding hydrogens is 808 g/mol. The van der Waals surface area contributed by atoms with Gasteiger partial charge in [-0.3, -0.25) is 23.9 Å². The molecule has 1 saturated heterocycles. The fraction of sp³-hybridized carbons (Fsp3) is 0.571. The molecule has 7 rings (SSSR count). The maximum Gasteiger partial charge on any atom is 0.333 e. The van der Waals surface area contributed by atoms with Crippen LogP contribution in [0.3, 0.4) is 0 Å². The number of benzene rings is 1. The molecule has 3 aromatic rings. The maximum atomic E-state index is 14.9. The lowest BCUT2D eigenvalue weighted by atomic mass is 9.90. The van der Waals surface area contributed by atoms with E-state index in [9.17, 15) is 40.8 Å². The second-order valence-electron chi connectivity index (χ2n) is 16.9. The molecule has 14 nitrogen and oxygen atoms in total. The summed E-state index contributed by atoms with van der Waals surface area (Å²) >= 11 is 0. The highest BCUT2D eigenvalue weighted by molar-refractivity contribution is 7.91. The first-order valence-electron chi connectivity index (χ1n) is 20.4. The Hall–Kier alpha value is -5.00. The number of hydrogen-bond donors (Lipinski definition) is 1. The first-order chi connectivity index (χ1) is 28.4. The van der Waals surface area contributed by atoms with Crippen LogP contribution in [0.4, 0.5) is 13.2 Å². The number of aromatic nitrogens is 3. The number of halogens is 3. The van der Waals surface area contributed by atoms with E-state index in [2.05, 4.69) is 14.8 Å². The number of sulfonamides is 1. The van der Waals surface area contributed by atoms with Crippen molar-refractivity contribution >= 4 is 44.3 Å². The molecule has 2 aliphatic carbocycles. The van der Waals surface area contributed by atoms with Gasteiger partial charge in [-0.05, 0) is 83.4 Å². The highest BCUT2D eigenvalue weighted by Gasteiger charge is 2.62. The standard InChI is InChI=1S/C42H50F3N5O9S/c1-24(2)58-35-20-34(28-12-13-29(43)37(57-4)36(28)46-35)59-27-19-31-33(52)22-42(39(54)48-60(55,56)41(3)15-16-41)21-26(42)11-9-7-5-6-8-10-25(38(53)49(31)23-27)18-32(51)30-14-17-50(47-30)40(44)45/h9,11-14,17,20,24-27,31,40H,5-8,10,15-16,18-19,21-23H2,1-4H3,(H,48,54)/b11-9-/t25-,26-,27-,31+,42-/m1/s1. The number of carbonyl (C=O) groups is 4. The van der Waals surface area contributed by atoms with Crippen LogP contribution < -0.4 is 18.9 Å². The number of nitrogens with zero attached hydrogens (tertiary/aromatic N) is 4. The number of rotatable bonds is 12. The van der Waals surface area contributed by atoms with Crippen LogP contribution in [-0.4, -0.2) is 88.1 Å². The van der Waals surface area contributed by atoms with Crippen molar-refractivity contribution < 1.29 is 55.0 Å². The number of allylic oxidation sites excluding steroid dienone is 2. The molecule has 2 aliphatic heterocycles. The van der Waals surface area contributed by atoms with E-state index in [1.54, 1.807) is 20.8 Å². The summed E-state index contributed by atoms with van der Waals surface area (Å²) in [6.45, 7) is 2.05. The van der Waals surface area contributed by atoms with Crippen molar-refractivity contribution in [2.45, 2.75) is 121 Å². The van der Waals surface area contributed by atoms with Crippen molar-refractivity contribution in [3.63, 3.8) is 0 Å². The van der Waals surface area contributed by atoms with Gasteiger partial charge in [0.1, 0.15) is 23.1 Å². The zero-order chi connectivity index (χ0) is 43.1. The zero-order valence-electron chi connectivity index (χ0n) is 34.0. The van der Waals surface area contributed by atoms with Crippen molar-refractivity contribution in [3.05, 3.63) is 54.1 Å². The fourth-order valence-corrected chi connectivity index (χ4v) is 9.64. The molecule has 3 fully saturated rings. The predicted octanol–water partition coefficient (Wildman–Crippen LogP) is 6.48. The number of ether oxygens (including phenoxy) is 3. The molecule has 18 heteroatoms. The average Bonchev–Trinajstić information content (AvgIpc) is 3.95. The van der Waals surface area contributed by atoms with E-state index < -0.39 is 79.9 Å². The van der Waals surface area contributed by atoms with E-state index in [-0.39, 0.29) is 73.3 Å². The second kappa shape index (κ2) is 16.8. The molecule has 4 aliphatic rings. The zero-order valence-corrected chi connectivity index (χ0v) is 34.8. The number of pyridine rings is 1. The van der Waals surface area contributed by atoms with Crippen LogP contribution in [0.5, 0.6) is 17.4 Å². The largest absolute Gasteiger partial charge is 0.491 e. The molecule has 2 aromatic heterocycles. The summed E-state index contributed by atoms with van der Waals surface area (Å²) in [4.78, 5) is 62.8. The quantitative estimate of drug-likeness (QED) is 0.156. The summed E-state index contributed by atoms with van der Waals surface area (Å²) in [5.41, 5.74) is -1.48. The average molecular weight is 858 g/mol. The van der Waals surface area contributed by atoms with Crippen LogP contribution in [0.1, 0.15) is 108 Å². The summed E-state index contributed by atoms with van der Waals surface area (Å²) in [5.74, 6) is -4.26. The first-order valence-corrected chi connectivity index (χ1v) is 21.9. The van der Waals surface area contributed by atoms with Crippen molar-refractivity contribution in [2.24, 2.45) is 17.3 Å². The van der Waals surface area contributed by atoms with Gasteiger partial charge in [0.15, 0.2) is 23.1 Å². The van der Waals surface area contributed by atoms with E-state index in [4.69, 9.17) is 14.2 Å². The Kier molecular flexibility index (Phi) is 12.1. The van der Waals surface area contributed by atoms with Gasteiger partial charge in [0, 0.05) is 42.8 Å². The Bertz CT molecular complexity index is 2310. The number of hydrogen-bond acceptors (Lipinski definition) is 11. The molecule has 0 spiro atoms. The summed E-state index contributed by atoms with van der Waals surface area (Å²) in [7, 11) is -2.73. The minimum Gasteiger partial charge on any atom is -0.491 e. The summed E-state index contributed by atoms with van der Waals surface area (Å²) in [6.07, 6.45) is 6.74. The van der Waals surface area contributed by atoms with Crippen LogP contribution in [-0.2, 0) is 24.4 Å². The predicted molar refractivity (Wildman–Crippen MR) is 212 cm³/mol.